The molecule has 0 spiro atoms. The number of unbranched alkanes of at least 4 members (excludes halogenated alkanes) is 1. The van der Waals surface area contributed by atoms with Crippen LogP contribution in [0.1, 0.15) is 26.7 Å². The van der Waals surface area contributed by atoms with Crippen LogP contribution in [0.5, 0.6) is 0 Å². The molecule has 0 aliphatic heterocycles. The van der Waals surface area contributed by atoms with Crippen molar-refractivity contribution >= 4 is 15.5 Å². The second kappa shape index (κ2) is 11.4. The summed E-state index contributed by atoms with van der Waals surface area (Å²) in [6.45, 7) is 3.55. The summed E-state index contributed by atoms with van der Waals surface area (Å²) in [6, 6.07) is 0.986. The molecule has 1 rings (SSSR count). The zero-order valence-corrected chi connectivity index (χ0v) is 15.6. The Morgan fingerprint density at radius 2 is 1.64 bits per heavy atom. The number of benzene rings is 1. The third-order valence-electron chi connectivity index (χ3n) is 3.20. The number of hydrogen-bond donors (Lipinski definition) is 0. The van der Waals surface area contributed by atoms with E-state index >= 15 is 0 Å². The molecular weight excluding hydrogens is 365 g/mol. The zero-order valence-electron chi connectivity index (χ0n) is 14.2. The Balaban J connectivity index is 2.35. The van der Waals surface area contributed by atoms with E-state index in [4.69, 9.17) is 13.9 Å². The average molecular weight is 387 g/mol. The van der Waals surface area contributed by atoms with Crippen molar-refractivity contribution in [1.82, 2.24) is 0 Å². The minimum atomic E-state index is -2.03. The Morgan fingerprint density at radius 3 is 2.24 bits per heavy atom. The maximum Gasteiger partial charge on any atom is 0.261 e. The van der Waals surface area contributed by atoms with Gasteiger partial charge in [0, 0.05) is 19.3 Å². The summed E-state index contributed by atoms with van der Waals surface area (Å²) < 4.78 is 82.1. The minimum Gasteiger partial charge on any atom is -0.379 e. The van der Waals surface area contributed by atoms with Crippen LogP contribution in [0.15, 0.2) is 6.07 Å². The molecule has 0 radical (unpaired) electrons. The maximum atomic E-state index is 13.8. The molecule has 0 N–H and O–H groups in total. The van der Waals surface area contributed by atoms with Crippen LogP contribution in [0, 0.1) is 23.3 Å². The van der Waals surface area contributed by atoms with E-state index in [1.165, 1.54) is 0 Å². The van der Waals surface area contributed by atoms with E-state index in [1.54, 1.807) is 0 Å². The van der Waals surface area contributed by atoms with Crippen molar-refractivity contribution in [1.29, 1.82) is 0 Å². The second-order valence-electron chi connectivity index (χ2n) is 5.04. The summed E-state index contributed by atoms with van der Waals surface area (Å²) in [7, 11) is -0.945. The van der Waals surface area contributed by atoms with Crippen molar-refractivity contribution in [3.8, 4) is 0 Å². The molecular formula is C15H22F5NO3Si. The molecule has 4 nitrogen and oxygen atoms in total. The van der Waals surface area contributed by atoms with Crippen LogP contribution in [0.2, 0.25) is 6.04 Å². The van der Waals surface area contributed by atoms with Gasteiger partial charge in [0.15, 0.2) is 33.0 Å². The van der Waals surface area contributed by atoms with Crippen LogP contribution in [-0.4, -0.2) is 36.0 Å². The molecule has 0 saturated heterocycles. The van der Waals surface area contributed by atoms with Gasteiger partial charge >= 0.3 is 0 Å². The molecule has 144 valence electrons. The van der Waals surface area contributed by atoms with Gasteiger partial charge in [0.05, 0.1) is 6.54 Å². The highest BCUT2D eigenvalue weighted by atomic mass is 28.2. The standard InChI is InChI=1S/C15H22F5NO3Si/c1-3-22-15(23-4-2)24-25-8-6-5-7-21(20)11-9-10(16)12(17)14(19)13(11)18/h9,15H,3-8,25H2,1-2H3. The van der Waals surface area contributed by atoms with Crippen LogP contribution >= 0.6 is 0 Å². The number of anilines is 1. The van der Waals surface area contributed by atoms with Crippen LogP contribution in [-0.2, 0) is 13.9 Å². The monoisotopic (exact) mass is 387 g/mol. The fourth-order valence-electron chi connectivity index (χ4n) is 1.98. The van der Waals surface area contributed by atoms with Crippen molar-refractivity contribution in [3.63, 3.8) is 0 Å². The van der Waals surface area contributed by atoms with Gasteiger partial charge in [0.2, 0.25) is 0 Å². The van der Waals surface area contributed by atoms with E-state index in [2.05, 4.69) is 0 Å². The van der Waals surface area contributed by atoms with Gasteiger partial charge in [-0.1, -0.05) is 10.9 Å². The van der Waals surface area contributed by atoms with Gasteiger partial charge in [-0.3, -0.25) is 0 Å². The first-order valence-electron chi connectivity index (χ1n) is 8.03. The molecule has 1 aromatic carbocycles. The molecule has 25 heavy (non-hydrogen) atoms. The average Bonchev–Trinajstić information content (AvgIpc) is 2.59. The van der Waals surface area contributed by atoms with Crippen molar-refractivity contribution in [2.24, 2.45) is 0 Å². The molecule has 0 bridgehead atoms. The predicted molar refractivity (Wildman–Crippen MR) is 85.4 cm³/mol. The van der Waals surface area contributed by atoms with E-state index < -0.39 is 45.2 Å². The SMILES string of the molecule is CCOC(OCC)O[SiH2]CCCCN(F)c1cc(F)c(F)c(F)c1F. The summed E-state index contributed by atoms with van der Waals surface area (Å²) in [4.78, 5) is 0. The molecule has 0 fully saturated rings. The minimum absolute atomic E-state index is 0.132. The van der Waals surface area contributed by atoms with Crippen molar-refractivity contribution in [2.45, 2.75) is 39.2 Å². The molecule has 0 saturated carbocycles. The maximum absolute atomic E-state index is 13.8. The third kappa shape index (κ3) is 6.88. The van der Waals surface area contributed by atoms with Gasteiger partial charge < -0.3 is 13.9 Å². The number of nitrogens with zero attached hydrogens (tertiary/aromatic N) is 1. The first-order valence-corrected chi connectivity index (χ1v) is 9.61. The van der Waals surface area contributed by atoms with Crippen LogP contribution < -0.4 is 5.12 Å². The summed E-state index contributed by atoms with van der Waals surface area (Å²) in [5.41, 5.74) is -0.961. The Kier molecular flexibility index (Phi) is 9.94. The predicted octanol–water partition coefficient (Wildman–Crippen LogP) is 3.59. The number of rotatable bonds is 12. The summed E-state index contributed by atoms with van der Waals surface area (Å²) in [5, 5.41) is -0.132. The summed E-state index contributed by atoms with van der Waals surface area (Å²) in [6.07, 6.45) is 0.881. The fraction of sp³-hybridized carbons (Fsp3) is 0.600. The number of hydrogen-bond acceptors (Lipinski definition) is 4. The van der Waals surface area contributed by atoms with E-state index in [9.17, 15) is 22.0 Å². The van der Waals surface area contributed by atoms with Gasteiger partial charge in [0.1, 0.15) is 5.69 Å². The largest absolute Gasteiger partial charge is 0.379 e. The van der Waals surface area contributed by atoms with Crippen molar-refractivity contribution in [3.05, 3.63) is 29.3 Å². The number of ether oxygens (including phenoxy) is 2. The molecule has 0 heterocycles. The highest BCUT2D eigenvalue weighted by Crippen LogP contribution is 2.26. The topological polar surface area (TPSA) is 30.9 Å². The van der Waals surface area contributed by atoms with Gasteiger partial charge in [-0.2, -0.15) is 0 Å². The van der Waals surface area contributed by atoms with Gasteiger partial charge in [0.25, 0.3) is 6.48 Å². The lowest BCUT2D eigenvalue weighted by molar-refractivity contribution is -0.243. The molecule has 0 aromatic heterocycles. The highest BCUT2D eigenvalue weighted by molar-refractivity contribution is 6.27. The smallest absolute Gasteiger partial charge is 0.261 e. The van der Waals surface area contributed by atoms with E-state index in [0.29, 0.717) is 38.2 Å². The van der Waals surface area contributed by atoms with E-state index in [0.717, 1.165) is 0 Å². The molecule has 1 aromatic rings. The van der Waals surface area contributed by atoms with Gasteiger partial charge in [-0.15, -0.1) is 0 Å². The lowest BCUT2D eigenvalue weighted by Gasteiger charge is -2.17. The highest BCUT2D eigenvalue weighted by Gasteiger charge is 2.22. The lowest BCUT2D eigenvalue weighted by Crippen LogP contribution is -2.23. The van der Waals surface area contributed by atoms with Crippen LogP contribution in [0.25, 0.3) is 0 Å². The fourth-order valence-corrected chi connectivity index (χ4v) is 3.09. The van der Waals surface area contributed by atoms with E-state index in [1.807, 2.05) is 13.8 Å². The van der Waals surface area contributed by atoms with Crippen LogP contribution in [0.3, 0.4) is 0 Å². The Hall–Kier alpha value is -1.23. The molecule has 0 atom stereocenters. The van der Waals surface area contributed by atoms with Crippen LogP contribution in [0.4, 0.5) is 27.7 Å². The Bertz CT molecular complexity index is 532. The summed E-state index contributed by atoms with van der Waals surface area (Å²) >= 11 is 0. The normalized spacial score (nSPS) is 11.8. The molecule has 0 unspecified atom stereocenters. The lowest BCUT2D eigenvalue weighted by atomic mass is 10.2. The molecule has 0 amide bonds. The molecule has 0 aliphatic carbocycles. The first kappa shape index (κ1) is 21.8. The Morgan fingerprint density at radius 1 is 1.00 bits per heavy atom. The van der Waals surface area contributed by atoms with Crippen molar-refractivity contribution < 1.29 is 35.9 Å². The summed E-state index contributed by atoms with van der Waals surface area (Å²) in [5.74, 6) is -7.39. The first-order chi connectivity index (χ1) is 11.9. The second-order valence-corrected chi connectivity index (χ2v) is 6.48. The molecule has 0 aliphatic rings. The van der Waals surface area contributed by atoms with Gasteiger partial charge in [-0.05, 0) is 26.3 Å². The van der Waals surface area contributed by atoms with Gasteiger partial charge in [-0.25, -0.2) is 22.7 Å². The molecule has 10 heteroatoms. The quantitative estimate of drug-likeness (QED) is 0.104. The number of halogens is 5. The zero-order chi connectivity index (χ0) is 18.8. The third-order valence-corrected chi connectivity index (χ3v) is 4.50. The van der Waals surface area contributed by atoms with E-state index in [-0.39, 0.29) is 11.7 Å². The Labute approximate surface area is 145 Å². The van der Waals surface area contributed by atoms with Crippen molar-refractivity contribution in [2.75, 3.05) is 24.9 Å².